The fourth-order valence-electron chi connectivity index (χ4n) is 7.81. The minimum atomic E-state index is 0.332. The lowest BCUT2D eigenvalue weighted by Crippen LogP contribution is -2.33. The minimum absolute atomic E-state index is 0.332. The van der Waals surface area contributed by atoms with Gasteiger partial charge in [0, 0.05) is 22.7 Å². The van der Waals surface area contributed by atoms with Gasteiger partial charge < -0.3 is 0 Å². The smallest absolute Gasteiger partial charge is 0.0135 e. The number of benzene rings is 2. The van der Waals surface area contributed by atoms with Crippen molar-refractivity contribution in [1.82, 2.24) is 0 Å². The van der Waals surface area contributed by atoms with E-state index >= 15 is 0 Å². The zero-order chi connectivity index (χ0) is 21.2. The summed E-state index contributed by atoms with van der Waals surface area (Å²) in [5.41, 5.74) is 10.2. The van der Waals surface area contributed by atoms with Crippen LogP contribution >= 0.6 is 0 Å². The summed E-state index contributed by atoms with van der Waals surface area (Å²) in [6, 6.07) is 14.3. The Balaban J connectivity index is 1.22. The molecule has 0 radical (unpaired) electrons. The van der Waals surface area contributed by atoms with E-state index in [1.54, 1.807) is 16.7 Å². The molecule has 0 heteroatoms. The Kier molecular flexibility index (Phi) is 4.24. The van der Waals surface area contributed by atoms with Crippen molar-refractivity contribution in [1.29, 1.82) is 0 Å². The molecule has 0 N–H and O–H groups in total. The maximum absolute atomic E-state index is 2.70. The Labute approximate surface area is 193 Å². The van der Waals surface area contributed by atoms with E-state index in [2.05, 4.69) is 72.9 Å². The molecule has 2 aromatic carbocycles. The molecule has 0 saturated heterocycles. The van der Waals surface area contributed by atoms with Crippen molar-refractivity contribution in [2.75, 3.05) is 0 Å². The van der Waals surface area contributed by atoms with Gasteiger partial charge >= 0.3 is 0 Å². The van der Waals surface area contributed by atoms with Crippen molar-refractivity contribution < 1.29 is 0 Å². The lowest BCUT2D eigenvalue weighted by atomic mass is 9.62. The van der Waals surface area contributed by atoms with Crippen molar-refractivity contribution in [2.45, 2.75) is 86.9 Å². The van der Waals surface area contributed by atoms with Gasteiger partial charge in [0.05, 0.1) is 0 Å². The molecule has 2 aromatic rings. The van der Waals surface area contributed by atoms with Crippen LogP contribution in [0.2, 0.25) is 0 Å². The van der Waals surface area contributed by atoms with Crippen molar-refractivity contribution in [3.8, 4) is 0 Å². The van der Waals surface area contributed by atoms with Gasteiger partial charge in [-0.05, 0) is 71.9 Å². The summed E-state index contributed by atoms with van der Waals surface area (Å²) in [6.07, 6.45) is 28.5. The van der Waals surface area contributed by atoms with E-state index in [9.17, 15) is 0 Å². The number of fused-ring (bicyclic) bond motifs is 5. The second-order valence-corrected chi connectivity index (χ2v) is 11.2. The number of rotatable bonds is 3. The third kappa shape index (κ3) is 2.74. The van der Waals surface area contributed by atoms with E-state index < -0.39 is 0 Å². The van der Waals surface area contributed by atoms with Crippen molar-refractivity contribution >= 4 is 12.2 Å². The first-order chi connectivity index (χ1) is 15.8. The van der Waals surface area contributed by atoms with Crippen molar-refractivity contribution in [3.05, 3.63) is 94.1 Å². The zero-order valence-corrected chi connectivity index (χ0v) is 19.2. The molecule has 2 saturated carbocycles. The predicted octanol–water partition coefficient (Wildman–Crippen LogP) is 8.58. The molecule has 2 fully saturated rings. The molecule has 2 spiro atoms. The molecule has 0 heterocycles. The Hall–Kier alpha value is -2.34. The van der Waals surface area contributed by atoms with E-state index in [-0.39, 0.29) is 0 Å². The number of hydrogen-bond acceptors (Lipinski definition) is 0. The normalized spacial score (nSPS) is 27.4. The van der Waals surface area contributed by atoms with Crippen LogP contribution in [0.1, 0.15) is 109 Å². The van der Waals surface area contributed by atoms with Gasteiger partial charge in [-0.15, -0.1) is 0 Å². The average molecular weight is 419 g/mol. The molecule has 5 aliphatic carbocycles. The highest BCUT2D eigenvalue weighted by Crippen LogP contribution is 2.56. The summed E-state index contributed by atoms with van der Waals surface area (Å²) >= 11 is 0. The Morgan fingerprint density at radius 2 is 1.19 bits per heavy atom. The molecule has 162 valence electrons. The maximum Gasteiger partial charge on any atom is 0.0135 e. The highest BCUT2D eigenvalue weighted by atomic mass is 14.5. The highest BCUT2D eigenvalue weighted by Gasteiger charge is 2.46. The lowest BCUT2D eigenvalue weighted by Gasteiger charge is -2.41. The first kappa shape index (κ1) is 19.2. The molecule has 7 rings (SSSR count). The van der Waals surface area contributed by atoms with Gasteiger partial charge in [0.1, 0.15) is 0 Å². The predicted molar refractivity (Wildman–Crippen MR) is 135 cm³/mol. The van der Waals surface area contributed by atoms with Gasteiger partial charge in [-0.3, -0.25) is 0 Å². The monoisotopic (exact) mass is 418 g/mol. The van der Waals surface area contributed by atoms with Gasteiger partial charge in [0.15, 0.2) is 0 Å². The minimum Gasteiger partial charge on any atom is -0.0770 e. The van der Waals surface area contributed by atoms with Crippen LogP contribution in [0.25, 0.3) is 12.2 Å². The van der Waals surface area contributed by atoms with Crippen LogP contribution in [0.4, 0.5) is 0 Å². The topological polar surface area (TPSA) is 0 Å². The number of allylic oxidation sites excluding steroid dienone is 4. The van der Waals surface area contributed by atoms with Crippen molar-refractivity contribution in [2.24, 2.45) is 0 Å². The summed E-state index contributed by atoms with van der Waals surface area (Å²) in [4.78, 5) is 0. The Morgan fingerprint density at radius 1 is 0.625 bits per heavy atom. The summed E-state index contributed by atoms with van der Waals surface area (Å²) in [5.74, 6) is 1.17. The van der Waals surface area contributed by atoms with Crippen LogP contribution in [0, 0.1) is 0 Å². The van der Waals surface area contributed by atoms with Crippen molar-refractivity contribution in [3.63, 3.8) is 0 Å². The third-order valence-corrected chi connectivity index (χ3v) is 9.61. The van der Waals surface area contributed by atoms with E-state index in [0.717, 1.165) is 0 Å². The van der Waals surface area contributed by atoms with Gasteiger partial charge in [-0.1, -0.05) is 98.5 Å². The van der Waals surface area contributed by atoms with Gasteiger partial charge in [0.25, 0.3) is 0 Å². The van der Waals surface area contributed by atoms with Gasteiger partial charge in [0.2, 0.25) is 0 Å². The summed E-state index contributed by atoms with van der Waals surface area (Å²) in [7, 11) is 0. The van der Waals surface area contributed by atoms with Crippen LogP contribution in [-0.4, -0.2) is 0 Å². The third-order valence-electron chi connectivity index (χ3n) is 9.61. The maximum atomic E-state index is 2.70. The van der Waals surface area contributed by atoms with Gasteiger partial charge in [-0.25, -0.2) is 0 Å². The highest BCUT2D eigenvalue weighted by molar-refractivity contribution is 5.68. The number of hydrogen-bond donors (Lipinski definition) is 0. The van der Waals surface area contributed by atoms with Gasteiger partial charge in [-0.2, -0.15) is 0 Å². The molecule has 2 atom stereocenters. The zero-order valence-electron chi connectivity index (χ0n) is 19.2. The molecular formula is C32H34. The summed E-state index contributed by atoms with van der Waals surface area (Å²) in [6.45, 7) is 0. The van der Waals surface area contributed by atoms with Crippen LogP contribution in [0.5, 0.6) is 0 Å². The fourth-order valence-corrected chi connectivity index (χ4v) is 7.81. The molecular weight excluding hydrogens is 384 g/mol. The average Bonchev–Trinajstić information content (AvgIpc) is 3.62. The molecule has 0 aromatic heterocycles. The van der Waals surface area contributed by atoms with E-state index in [1.165, 1.54) is 80.9 Å². The molecule has 0 bridgehead atoms. The Morgan fingerprint density at radius 3 is 1.88 bits per heavy atom. The van der Waals surface area contributed by atoms with E-state index in [4.69, 9.17) is 0 Å². The molecule has 0 amide bonds. The molecule has 32 heavy (non-hydrogen) atoms. The second kappa shape index (κ2) is 7.08. The lowest BCUT2D eigenvalue weighted by molar-refractivity contribution is 0.467. The van der Waals surface area contributed by atoms with Crippen LogP contribution in [0.15, 0.2) is 60.7 Å². The molecule has 0 nitrogen and oxygen atoms in total. The van der Waals surface area contributed by atoms with Crippen LogP contribution in [-0.2, 0) is 10.8 Å². The molecule has 2 unspecified atom stereocenters. The first-order valence-electron chi connectivity index (χ1n) is 13.1. The van der Waals surface area contributed by atoms with Crippen LogP contribution < -0.4 is 0 Å². The van der Waals surface area contributed by atoms with E-state index in [1.807, 2.05) is 0 Å². The fraction of sp³-hybridized carbons (Fsp3) is 0.438. The Bertz CT molecular complexity index is 1140. The standard InChI is InChI=1S/C32H34/c1-2-8-27-23(7-1)9-10-24(27)11-12-25-13-14-26-21-29-30(22-28(25)26)32(17-5-6-18-32)20-19-31(29)15-3-4-16-31/h1-2,7-10,13-14,19-22,24-25H,3-6,11-12,15-18H2. The quantitative estimate of drug-likeness (QED) is 0.438. The SMILES string of the molecule is C1=CC(CCC2C=Cc3cc4c(cc32)C2(C=CC43CCCC3)CCCC2)c2ccccc21. The first-order valence-corrected chi connectivity index (χ1v) is 13.1. The second-order valence-electron chi connectivity index (χ2n) is 11.2. The largest absolute Gasteiger partial charge is 0.0770 e. The summed E-state index contributed by atoms with van der Waals surface area (Å²) < 4.78 is 0. The molecule has 0 aliphatic heterocycles. The summed E-state index contributed by atoms with van der Waals surface area (Å²) in [5, 5.41) is 0. The molecule has 5 aliphatic rings. The van der Waals surface area contributed by atoms with Crippen LogP contribution in [0.3, 0.4) is 0 Å². The van der Waals surface area contributed by atoms with E-state index in [0.29, 0.717) is 22.7 Å².